The molecule has 0 radical (unpaired) electrons. The number of primary amides is 1. The Balaban J connectivity index is 2.21. The van der Waals surface area contributed by atoms with Crippen LogP contribution in [-0.2, 0) is 4.79 Å². The highest BCUT2D eigenvalue weighted by atomic mass is 16.1. The van der Waals surface area contributed by atoms with Gasteiger partial charge < -0.3 is 10.6 Å². The summed E-state index contributed by atoms with van der Waals surface area (Å²) in [7, 11) is 0. The van der Waals surface area contributed by atoms with Crippen LogP contribution in [0.25, 0.3) is 0 Å². The molecule has 2 unspecified atom stereocenters. The van der Waals surface area contributed by atoms with Crippen molar-refractivity contribution in [1.29, 1.82) is 0 Å². The molecule has 1 amide bonds. The highest BCUT2D eigenvalue weighted by molar-refractivity contribution is 5.77. The number of hydrogen-bond donors (Lipinski definition) is 3. The van der Waals surface area contributed by atoms with Gasteiger partial charge in [-0.1, -0.05) is 0 Å². The van der Waals surface area contributed by atoms with E-state index in [9.17, 15) is 4.79 Å². The summed E-state index contributed by atoms with van der Waals surface area (Å²) in [5, 5.41) is 0. The largest absolute Gasteiger partial charge is 0.369 e. The number of hydrazine groups is 1. The second-order valence-corrected chi connectivity index (χ2v) is 4.56. The first-order valence-corrected chi connectivity index (χ1v) is 5.97. The number of piperidine rings is 1. The molecule has 1 aromatic rings. The average molecular weight is 250 g/mol. The number of carbonyl (C=O) groups is 1. The topological polar surface area (TPSA) is 110 Å². The van der Waals surface area contributed by atoms with Gasteiger partial charge in [0.25, 0.3) is 0 Å². The average Bonchev–Trinajstić information content (AvgIpc) is 2.39. The van der Waals surface area contributed by atoms with Gasteiger partial charge in [-0.15, -0.1) is 0 Å². The molecule has 1 aliphatic rings. The summed E-state index contributed by atoms with van der Waals surface area (Å²) in [6, 6.07) is 2.13. The Morgan fingerprint density at radius 3 is 3.00 bits per heavy atom. The molecular weight excluding hydrogens is 232 g/mol. The van der Waals surface area contributed by atoms with Gasteiger partial charge in [-0.2, -0.15) is 4.98 Å². The van der Waals surface area contributed by atoms with Gasteiger partial charge in [-0.25, -0.2) is 10.8 Å². The molecule has 2 rings (SSSR count). The lowest BCUT2D eigenvalue weighted by Crippen LogP contribution is -2.46. The maximum Gasteiger partial charge on any atom is 0.239 e. The van der Waals surface area contributed by atoms with Crippen LogP contribution in [0.3, 0.4) is 0 Å². The molecule has 1 fully saturated rings. The van der Waals surface area contributed by atoms with E-state index in [1.54, 1.807) is 12.3 Å². The number of hydrogen-bond acceptors (Lipinski definition) is 6. The summed E-state index contributed by atoms with van der Waals surface area (Å²) < 4.78 is 0. The maximum absolute atomic E-state index is 11.3. The lowest BCUT2D eigenvalue weighted by Gasteiger charge is -2.37. The van der Waals surface area contributed by atoms with Crippen molar-refractivity contribution in [2.75, 3.05) is 16.9 Å². The van der Waals surface area contributed by atoms with Gasteiger partial charge in [0.2, 0.25) is 11.9 Å². The Morgan fingerprint density at radius 1 is 1.56 bits per heavy atom. The highest BCUT2D eigenvalue weighted by Gasteiger charge is 2.29. The normalized spacial score (nSPS) is 23.8. The van der Waals surface area contributed by atoms with E-state index in [0.717, 1.165) is 18.7 Å². The fourth-order valence-corrected chi connectivity index (χ4v) is 2.24. The van der Waals surface area contributed by atoms with Crippen LogP contribution in [0, 0.1) is 5.92 Å². The molecule has 1 saturated heterocycles. The van der Waals surface area contributed by atoms with Crippen molar-refractivity contribution in [3.63, 3.8) is 0 Å². The van der Waals surface area contributed by atoms with Gasteiger partial charge in [-0.05, 0) is 25.8 Å². The monoisotopic (exact) mass is 250 g/mol. The number of nitrogen functional groups attached to an aromatic ring is 1. The van der Waals surface area contributed by atoms with Gasteiger partial charge in [0, 0.05) is 18.8 Å². The van der Waals surface area contributed by atoms with Crippen LogP contribution in [0.15, 0.2) is 12.3 Å². The van der Waals surface area contributed by atoms with Crippen LogP contribution >= 0.6 is 0 Å². The molecule has 18 heavy (non-hydrogen) atoms. The zero-order valence-electron chi connectivity index (χ0n) is 10.3. The van der Waals surface area contributed by atoms with Crippen molar-refractivity contribution < 1.29 is 4.79 Å². The number of nitrogens with one attached hydrogen (secondary N) is 1. The Bertz CT molecular complexity index is 437. The van der Waals surface area contributed by atoms with Gasteiger partial charge in [-0.3, -0.25) is 10.2 Å². The molecule has 0 aromatic carbocycles. The minimum atomic E-state index is -0.252. The molecule has 7 heteroatoms. The molecular formula is C11H18N6O. The molecule has 0 saturated carbocycles. The first kappa shape index (κ1) is 12.6. The predicted molar refractivity (Wildman–Crippen MR) is 68.6 cm³/mol. The molecule has 0 aliphatic carbocycles. The SMILES string of the molecule is CC1CCC(C(N)=O)CN1c1ccnc(NN)n1. The van der Waals surface area contributed by atoms with Crippen LogP contribution in [0.2, 0.25) is 0 Å². The minimum Gasteiger partial charge on any atom is -0.369 e. The van der Waals surface area contributed by atoms with Crippen LogP contribution in [-0.4, -0.2) is 28.5 Å². The highest BCUT2D eigenvalue weighted by Crippen LogP contribution is 2.26. The van der Waals surface area contributed by atoms with Gasteiger partial charge in [0.05, 0.1) is 5.92 Å². The zero-order valence-corrected chi connectivity index (χ0v) is 10.3. The van der Waals surface area contributed by atoms with Crippen molar-refractivity contribution in [3.8, 4) is 0 Å². The molecule has 2 heterocycles. The van der Waals surface area contributed by atoms with E-state index >= 15 is 0 Å². The Hall–Kier alpha value is -1.89. The second kappa shape index (κ2) is 5.18. The summed E-state index contributed by atoms with van der Waals surface area (Å²) in [6.45, 7) is 2.70. The van der Waals surface area contributed by atoms with Crippen molar-refractivity contribution >= 4 is 17.7 Å². The fourth-order valence-electron chi connectivity index (χ4n) is 2.24. The molecule has 1 aliphatic heterocycles. The number of rotatable bonds is 3. The molecule has 2 atom stereocenters. The lowest BCUT2D eigenvalue weighted by molar-refractivity contribution is -0.122. The van der Waals surface area contributed by atoms with Crippen molar-refractivity contribution in [1.82, 2.24) is 9.97 Å². The van der Waals surface area contributed by atoms with Crippen molar-refractivity contribution in [2.45, 2.75) is 25.8 Å². The Morgan fingerprint density at radius 2 is 2.33 bits per heavy atom. The van der Waals surface area contributed by atoms with Crippen LogP contribution < -0.4 is 21.9 Å². The molecule has 7 nitrogen and oxygen atoms in total. The van der Waals surface area contributed by atoms with Gasteiger partial charge in [0.15, 0.2) is 0 Å². The number of nitrogens with zero attached hydrogens (tertiary/aromatic N) is 3. The second-order valence-electron chi connectivity index (χ2n) is 4.56. The molecule has 5 N–H and O–H groups in total. The molecule has 1 aromatic heterocycles. The Kier molecular flexibility index (Phi) is 3.61. The van der Waals surface area contributed by atoms with Crippen molar-refractivity contribution in [3.05, 3.63) is 12.3 Å². The van der Waals surface area contributed by atoms with E-state index in [1.165, 1.54) is 0 Å². The number of carbonyl (C=O) groups excluding carboxylic acids is 1. The third-order valence-corrected chi connectivity index (χ3v) is 3.35. The van der Waals surface area contributed by atoms with Gasteiger partial charge in [0.1, 0.15) is 5.82 Å². The summed E-state index contributed by atoms with van der Waals surface area (Å²) >= 11 is 0. The summed E-state index contributed by atoms with van der Waals surface area (Å²) in [5.74, 6) is 6.04. The lowest BCUT2D eigenvalue weighted by atomic mass is 9.93. The summed E-state index contributed by atoms with van der Waals surface area (Å²) in [5.41, 5.74) is 7.79. The smallest absolute Gasteiger partial charge is 0.239 e. The van der Waals surface area contributed by atoms with E-state index in [1.807, 2.05) is 0 Å². The fraction of sp³-hybridized carbons (Fsp3) is 0.545. The minimum absolute atomic E-state index is 0.120. The third kappa shape index (κ3) is 2.51. The van der Waals surface area contributed by atoms with E-state index in [0.29, 0.717) is 18.5 Å². The number of anilines is 2. The number of nitrogens with two attached hydrogens (primary N) is 2. The quantitative estimate of drug-likeness (QED) is 0.508. The van der Waals surface area contributed by atoms with E-state index in [2.05, 4.69) is 27.2 Å². The first-order valence-electron chi connectivity index (χ1n) is 5.97. The number of aromatic nitrogens is 2. The zero-order chi connectivity index (χ0) is 13.1. The first-order chi connectivity index (χ1) is 8.61. The van der Waals surface area contributed by atoms with Crippen LogP contribution in [0.1, 0.15) is 19.8 Å². The predicted octanol–water partition coefficient (Wildman–Crippen LogP) is -0.148. The van der Waals surface area contributed by atoms with E-state index < -0.39 is 0 Å². The van der Waals surface area contributed by atoms with Crippen LogP contribution in [0.5, 0.6) is 0 Å². The summed E-state index contributed by atoms with van der Waals surface area (Å²) in [6.07, 6.45) is 3.39. The maximum atomic E-state index is 11.3. The standard InChI is InChI=1S/C11H18N6O/c1-7-2-3-8(10(12)18)6-17(7)9-4-5-14-11(15-9)16-13/h4-5,7-8H,2-3,6,13H2,1H3,(H2,12,18)(H,14,15,16). The Labute approximate surface area is 106 Å². The van der Waals surface area contributed by atoms with Gasteiger partial charge >= 0.3 is 0 Å². The molecule has 0 spiro atoms. The van der Waals surface area contributed by atoms with E-state index in [-0.39, 0.29) is 11.8 Å². The molecule has 0 bridgehead atoms. The number of amides is 1. The molecule has 98 valence electrons. The van der Waals surface area contributed by atoms with E-state index in [4.69, 9.17) is 11.6 Å². The summed E-state index contributed by atoms with van der Waals surface area (Å²) in [4.78, 5) is 21.6. The van der Waals surface area contributed by atoms with Crippen LogP contribution in [0.4, 0.5) is 11.8 Å². The van der Waals surface area contributed by atoms with Crippen molar-refractivity contribution in [2.24, 2.45) is 17.5 Å². The third-order valence-electron chi connectivity index (χ3n) is 3.35.